The fraction of sp³-hybridized carbons (Fsp3) is 0.923. The number of nitrogens with one attached hydrogen (secondary N) is 2. The SMILES string of the molecule is CC(C)NCCCC(=O)NC1CCOC(C)C1. The topological polar surface area (TPSA) is 50.4 Å². The summed E-state index contributed by atoms with van der Waals surface area (Å²) in [6, 6.07) is 0.804. The molecule has 100 valence electrons. The molecule has 4 heteroatoms. The van der Waals surface area contributed by atoms with Crippen molar-refractivity contribution in [3.63, 3.8) is 0 Å². The average molecular weight is 242 g/mol. The Morgan fingerprint density at radius 1 is 1.47 bits per heavy atom. The van der Waals surface area contributed by atoms with Gasteiger partial charge in [-0.25, -0.2) is 0 Å². The van der Waals surface area contributed by atoms with Gasteiger partial charge in [0.2, 0.25) is 5.91 Å². The summed E-state index contributed by atoms with van der Waals surface area (Å²) >= 11 is 0. The highest BCUT2D eigenvalue weighted by Gasteiger charge is 2.20. The zero-order chi connectivity index (χ0) is 12.7. The Balaban J connectivity index is 2.07. The lowest BCUT2D eigenvalue weighted by atomic mass is 10.0. The van der Waals surface area contributed by atoms with Crippen molar-refractivity contribution in [2.45, 2.75) is 64.6 Å². The first-order valence-electron chi connectivity index (χ1n) is 6.72. The maximum Gasteiger partial charge on any atom is 0.220 e. The van der Waals surface area contributed by atoms with Crippen molar-refractivity contribution >= 4 is 5.91 Å². The Labute approximate surface area is 104 Å². The summed E-state index contributed by atoms with van der Waals surface area (Å²) < 4.78 is 5.45. The summed E-state index contributed by atoms with van der Waals surface area (Å²) in [6.45, 7) is 7.97. The van der Waals surface area contributed by atoms with Crippen LogP contribution in [0.15, 0.2) is 0 Å². The minimum absolute atomic E-state index is 0.176. The van der Waals surface area contributed by atoms with E-state index in [0.29, 0.717) is 18.5 Å². The lowest BCUT2D eigenvalue weighted by Crippen LogP contribution is -2.41. The Hall–Kier alpha value is -0.610. The number of carbonyl (C=O) groups is 1. The molecule has 17 heavy (non-hydrogen) atoms. The van der Waals surface area contributed by atoms with Crippen molar-refractivity contribution in [1.29, 1.82) is 0 Å². The Kier molecular flexibility index (Phi) is 6.52. The van der Waals surface area contributed by atoms with Crippen molar-refractivity contribution in [3.8, 4) is 0 Å². The van der Waals surface area contributed by atoms with Gasteiger partial charge in [-0.15, -0.1) is 0 Å². The zero-order valence-corrected chi connectivity index (χ0v) is 11.3. The molecule has 0 aromatic heterocycles. The summed E-state index contributed by atoms with van der Waals surface area (Å²) in [5.74, 6) is 0.176. The van der Waals surface area contributed by atoms with E-state index < -0.39 is 0 Å². The number of ether oxygens (including phenoxy) is 1. The molecule has 0 bridgehead atoms. The van der Waals surface area contributed by atoms with Gasteiger partial charge in [-0.2, -0.15) is 0 Å². The molecule has 1 amide bonds. The maximum atomic E-state index is 11.7. The fourth-order valence-electron chi connectivity index (χ4n) is 2.07. The van der Waals surface area contributed by atoms with E-state index in [4.69, 9.17) is 4.74 Å². The van der Waals surface area contributed by atoms with Gasteiger partial charge in [0.25, 0.3) is 0 Å². The quantitative estimate of drug-likeness (QED) is 0.693. The van der Waals surface area contributed by atoms with Crippen LogP contribution in [-0.2, 0) is 9.53 Å². The van der Waals surface area contributed by atoms with E-state index in [2.05, 4.69) is 31.4 Å². The molecule has 1 fully saturated rings. The largest absolute Gasteiger partial charge is 0.378 e. The van der Waals surface area contributed by atoms with Crippen molar-refractivity contribution < 1.29 is 9.53 Å². The van der Waals surface area contributed by atoms with Crippen molar-refractivity contribution in [2.75, 3.05) is 13.2 Å². The molecule has 1 heterocycles. The van der Waals surface area contributed by atoms with Crippen LogP contribution in [0.4, 0.5) is 0 Å². The summed E-state index contributed by atoms with van der Waals surface area (Å²) in [7, 11) is 0. The van der Waals surface area contributed by atoms with Gasteiger partial charge < -0.3 is 15.4 Å². The second kappa shape index (κ2) is 7.67. The van der Waals surface area contributed by atoms with E-state index >= 15 is 0 Å². The summed E-state index contributed by atoms with van der Waals surface area (Å²) in [6.07, 6.45) is 3.68. The summed E-state index contributed by atoms with van der Waals surface area (Å²) in [5, 5.41) is 6.40. The van der Waals surface area contributed by atoms with Crippen LogP contribution in [0.2, 0.25) is 0 Å². The monoisotopic (exact) mass is 242 g/mol. The standard InChI is InChI=1S/C13H26N2O2/c1-10(2)14-7-4-5-13(16)15-12-6-8-17-11(3)9-12/h10-12,14H,4-9H2,1-3H3,(H,15,16). The molecule has 1 saturated heterocycles. The summed E-state index contributed by atoms with van der Waals surface area (Å²) in [5.41, 5.74) is 0. The van der Waals surface area contributed by atoms with Crippen LogP contribution in [0.1, 0.15) is 46.5 Å². The predicted molar refractivity (Wildman–Crippen MR) is 69.0 cm³/mol. The van der Waals surface area contributed by atoms with E-state index in [-0.39, 0.29) is 12.0 Å². The summed E-state index contributed by atoms with van der Waals surface area (Å²) in [4.78, 5) is 11.7. The number of carbonyl (C=O) groups excluding carboxylic acids is 1. The van der Waals surface area contributed by atoms with Gasteiger partial charge in [0.15, 0.2) is 0 Å². The molecule has 2 N–H and O–H groups in total. The molecule has 0 radical (unpaired) electrons. The predicted octanol–water partition coefficient (Wildman–Crippen LogP) is 1.45. The molecular formula is C13H26N2O2. The molecule has 2 atom stereocenters. The van der Waals surface area contributed by atoms with Crippen LogP contribution in [0.3, 0.4) is 0 Å². The van der Waals surface area contributed by atoms with Crippen LogP contribution >= 0.6 is 0 Å². The Bertz CT molecular complexity index is 231. The van der Waals surface area contributed by atoms with Crippen molar-refractivity contribution in [3.05, 3.63) is 0 Å². The lowest BCUT2D eigenvalue weighted by molar-refractivity contribution is -0.122. The third-order valence-corrected chi connectivity index (χ3v) is 2.98. The molecule has 0 aromatic carbocycles. The highest BCUT2D eigenvalue weighted by molar-refractivity contribution is 5.76. The number of hydrogen-bond donors (Lipinski definition) is 2. The van der Waals surface area contributed by atoms with Gasteiger partial charge >= 0.3 is 0 Å². The van der Waals surface area contributed by atoms with Gasteiger partial charge in [0.1, 0.15) is 0 Å². The highest BCUT2D eigenvalue weighted by atomic mass is 16.5. The lowest BCUT2D eigenvalue weighted by Gasteiger charge is -2.27. The van der Waals surface area contributed by atoms with Gasteiger partial charge in [-0.05, 0) is 32.7 Å². The fourth-order valence-corrected chi connectivity index (χ4v) is 2.07. The number of amides is 1. The molecule has 4 nitrogen and oxygen atoms in total. The van der Waals surface area contributed by atoms with Crippen LogP contribution < -0.4 is 10.6 Å². The molecule has 1 aliphatic heterocycles. The zero-order valence-electron chi connectivity index (χ0n) is 11.3. The highest BCUT2D eigenvalue weighted by Crippen LogP contribution is 2.13. The molecule has 0 spiro atoms. The molecule has 1 rings (SSSR count). The molecule has 0 aliphatic carbocycles. The van der Waals surface area contributed by atoms with Crippen LogP contribution in [-0.4, -0.2) is 37.2 Å². The number of hydrogen-bond acceptors (Lipinski definition) is 3. The van der Waals surface area contributed by atoms with E-state index in [1.807, 2.05) is 0 Å². The Morgan fingerprint density at radius 2 is 2.24 bits per heavy atom. The number of rotatable bonds is 6. The van der Waals surface area contributed by atoms with E-state index in [1.165, 1.54) is 0 Å². The van der Waals surface area contributed by atoms with Gasteiger partial charge in [0.05, 0.1) is 6.10 Å². The molecule has 2 unspecified atom stereocenters. The second-order valence-electron chi connectivity index (χ2n) is 5.18. The van der Waals surface area contributed by atoms with Gasteiger partial charge in [-0.3, -0.25) is 4.79 Å². The van der Waals surface area contributed by atoms with Crippen LogP contribution in [0.25, 0.3) is 0 Å². The molecular weight excluding hydrogens is 216 g/mol. The van der Waals surface area contributed by atoms with Crippen molar-refractivity contribution in [1.82, 2.24) is 10.6 Å². The van der Waals surface area contributed by atoms with Crippen LogP contribution in [0.5, 0.6) is 0 Å². The van der Waals surface area contributed by atoms with Crippen molar-refractivity contribution in [2.24, 2.45) is 0 Å². The first-order valence-corrected chi connectivity index (χ1v) is 6.72. The Morgan fingerprint density at radius 3 is 2.88 bits per heavy atom. The van der Waals surface area contributed by atoms with Gasteiger partial charge in [0, 0.05) is 25.1 Å². The molecule has 0 saturated carbocycles. The molecule has 1 aliphatic rings. The smallest absolute Gasteiger partial charge is 0.220 e. The maximum absolute atomic E-state index is 11.7. The van der Waals surface area contributed by atoms with Gasteiger partial charge in [-0.1, -0.05) is 13.8 Å². The van der Waals surface area contributed by atoms with E-state index in [0.717, 1.165) is 32.4 Å². The third-order valence-electron chi connectivity index (χ3n) is 2.98. The minimum atomic E-state index is 0.176. The van der Waals surface area contributed by atoms with E-state index in [9.17, 15) is 4.79 Å². The average Bonchev–Trinajstić information content (AvgIpc) is 2.24. The third kappa shape index (κ3) is 6.64. The van der Waals surface area contributed by atoms with Crippen LogP contribution in [0, 0.1) is 0 Å². The molecule has 0 aromatic rings. The first kappa shape index (κ1) is 14.5. The normalized spacial score (nSPS) is 24.9. The van der Waals surface area contributed by atoms with E-state index in [1.54, 1.807) is 0 Å². The second-order valence-corrected chi connectivity index (χ2v) is 5.18. The minimum Gasteiger partial charge on any atom is -0.378 e. The first-order chi connectivity index (χ1) is 8.08.